The van der Waals surface area contributed by atoms with Crippen LogP contribution in [0.25, 0.3) is 0 Å². The fraction of sp³-hybridized carbons (Fsp3) is 0.900. The Bertz CT molecular complexity index is 408. The number of alkyl halides is 4. The Labute approximate surface area is 139 Å². The van der Waals surface area contributed by atoms with Gasteiger partial charge in [-0.05, 0) is 6.92 Å². The molecule has 7 nitrogen and oxygen atoms in total. The van der Waals surface area contributed by atoms with E-state index in [-0.39, 0.29) is 0 Å². The predicted molar refractivity (Wildman–Crippen MR) is 74.5 cm³/mol. The van der Waals surface area contributed by atoms with Gasteiger partial charge in [-0.2, -0.15) is 0 Å². The molecule has 0 aliphatic heterocycles. The fourth-order valence-electron chi connectivity index (χ4n) is 1.99. The molecule has 1 aliphatic carbocycles. The van der Waals surface area contributed by atoms with Gasteiger partial charge in [0.2, 0.25) is 10.1 Å². The number of hydrogen-bond acceptors (Lipinski definition) is 7. The van der Waals surface area contributed by atoms with Crippen LogP contribution in [0.2, 0.25) is 0 Å². The van der Waals surface area contributed by atoms with Gasteiger partial charge in [0.15, 0.2) is 9.93 Å². The Morgan fingerprint density at radius 2 is 1.24 bits per heavy atom. The summed E-state index contributed by atoms with van der Waals surface area (Å²) in [5.74, 6) is -1.64. The number of carbonyl (C=O) groups is 1. The largest absolute Gasteiger partial charge is 0.387 e. The van der Waals surface area contributed by atoms with Gasteiger partial charge in [0.05, 0.1) is 0 Å². The maximum absolute atomic E-state index is 12.3. The van der Waals surface area contributed by atoms with Crippen LogP contribution < -0.4 is 0 Å². The van der Waals surface area contributed by atoms with Crippen molar-refractivity contribution in [2.45, 2.75) is 51.7 Å². The lowest BCUT2D eigenvalue weighted by atomic mass is 9.71. The van der Waals surface area contributed by atoms with E-state index in [2.05, 4.69) is 0 Å². The monoisotopic (exact) mass is 386 g/mol. The highest BCUT2D eigenvalue weighted by Gasteiger charge is 2.67. The van der Waals surface area contributed by atoms with Crippen LogP contribution in [0.4, 0.5) is 0 Å². The van der Waals surface area contributed by atoms with Crippen molar-refractivity contribution in [2.75, 3.05) is 0 Å². The first-order valence-electron chi connectivity index (χ1n) is 5.64. The molecule has 1 rings (SSSR count). The Morgan fingerprint density at radius 3 is 1.52 bits per heavy atom. The minimum atomic E-state index is -3.20. The van der Waals surface area contributed by atoms with Gasteiger partial charge in [0.1, 0.15) is 30.5 Å². The summed E-state index contributed by atoms with van der Waals surface area (Å²) in [7, 11) is 0. The number of carbonyl (C=O) groups excluding carboxylic acids is 1. The second kappa shape index (κ2) is 5.90. The van der Waals surface area contributed by atoms with Crippen LogP contribution in [0.3, 0.4) is 0 Å². The highest BCUT2D eigenvalue weighted by molar-refractivity contribution is 6.69. The summed E-state index contributed by atoms with van der Waals surface area (Å²) in [5.41, 5.74) is -3.20. The van der Waals surface area contributed by atoms with Crippen LogP contribution in [0.15, 0.2) is 0 Å². The van der Waals surface area contributed by atoms with Gasteiger partial charge in [-0.1, -0.05) is 46.4 Å². The second-order valence-electron chi connectivity index (χ2n) is 4.98. The number of ketones is 1. The molecule has 0 radical (unpaired) electrons. The third kappa shape index (κ3) is 2.89. The second-order valence-corrected chi connectivity index (χ2v) is 8.01. The maximum atomic E-state index is 12.3. The molecule has 6 atom stereocenters. The first-order valence-corrected chi connectivity index (χ1v) is 7.15. The van der Waals surface area contributed by atoms with Gasteiger partial charge in [-0.15, -0.1) is 0 Å². The molecule has 1 aliphatic rings. The molecule has 0 bridgehead atoms. The summed E-state index contributed by atoms with van der Waals surface area (Å²) in [5, 5.41) is 58.4. The summed E-state index contributed by atoms with van der Waals surface area (Å²) in [6.07, 6.45) is -11.1. The topological polar surface area (TPSA) is 138 Å². The molecule has 6 N–H and O–H groups in total. The highest BCUT2D eigenvalue weighted by atomic mass is 35.5. The van der Waals surface area contributed by atoms with Crippen LogP contribution in [-0.4, -0.2) is 81.2 Å². The normalized spacial score (nSPS) is 42.0. The van der Waals surface area contributed by atoms with E-state index in [9.17, 15) is 35.4 Å². The van der Waals surface area contributed by atoms with Gasteiger partial charge in [-0.25, -0.2) is 0 Å². The molecule has 0 aromatic heterocycles. The van der Waals surface area contributed by atoms with Crippen molar-refractivity contribution in [2.24, 2.45) is 0 Å². The molecule has 124 valence electrons. The van der Waals surface area contributed by atoms with Crippen molar-refractivity contribution in [3.8, 4) is 0 Å². The van der Waals surface area contributed by atoms with Crippen LogP contribution in [-0.2, 0) is 4.79 Å². The zero-order valence-corrected chi connectivity index (χ0v) is 13.5. The Hall–Kier alpha value is 0.590. The van der Waals surface area contributed by atoms with E-state index in [1.54, 1.807) is 0 Å². The molecule has 2 unspecified atom stereocenters. The summed E-state index contributed by atoms with van der Waals surface area (Å²) in [4.78, 5) is 12.3. The van der Waals surface area contributed by atoms with Crippen LogP contribution in [0.1, 0.15) is 6.92 Å². The minimum Gasteiger partial charge on any atom is -0.387 e. The van der Waals surface area contributed by atoms with Crippen LogP contribution in [0, 0.1) is 0 Å². The first kappa shape index (κ1) is 19.6. The van der Waals surface area contributed by atoms with Crippen molar-refractivity contribution in [1.82, 2.24) is 0 Å². The molecule has 0 amide bonds. The summed E-state index contributed by atoms with van der Waals surface area (Å²) < 4.78 is -4.84. The molecule has 1 saturated carbocycles. The molecule has 0 aromatic carbocycles. The number of hydrogen-bond donors (Lipinski definition) is 6. The van der Waals surface area contributed by atoms with E-state index < -0.39 is 50.6 Å². The molecular formula is C10H14Cl4O7. The lowest BCUT2D eigenvalue weighted by Crippen LogP contribution is -2.76. The first-order chi connectivity index (χ1) is 9.20. The fourth-order valence-corrected chi connectivity index (χ4v) is 2.47. The zero-order chi connectivity index (χ0) is 17.0. The van der Waals surface area contributed by atoms with Crippen molar-refractivity contribution < 1.29 is 35.4 Å². The average molecular weight is 388 g/mol. The number of rotatable bonds is 3. The van der Waals surface area contributed by atoms with Gasteiger partial charge in [0.25, 0.3) is 0 Å². The third-order valence-corrected chi connectivity index (χ3v) is 5.50. The van der Waals surface area contributed by atoms with Gasteiger partial charge in [0, 0.05) is 0 Å². The number of Topliss-reactive ketones (excluding diaryl/α,β-unsaturated/α-hetero) is 1. The van der Waals surface area contributed by atoms with E-state index in [1.165, 1.54) is 0 Å². The van der Waals surface area contributed by atoms with Crippen LogP contribution in [0.5, 0.6) is 0 Å². The number of halogens is 4. The van der Waals surface area contributed by atoms with E-state index in [0.29, 0.717) is 0 Å². The van der Waals surface area contributed by atoms with Gasteiger partial charge < -0.3 is 30.6 Å². The number of aliphatic hydroxyl groups excluding tert-OH is 5. The molecule has 0 aromatic rings. The van der Waals surface area contributed by atoms with E-state index >= 15 is 0 Å². The molecule has 0 heterocycles. The zero-order valence-electron chi connectivity index (χ0n) is 10.5. The van der Waals surface area contributed by atoms with Crippen molar-refractivity contribution >= 4 is 52.2 Å². The number of aliphatic hydroxyl groups is 6. The summed E-state index contributed by atoms with van der Waals surface area (Å²) >= 11 is 22.6. The molecule has 0 saturated heterocycles. The molecular weight excluding hydrogens is 374 g/mol. The minimum absolute atomic E-state index is 1.01. The molecule has 11 heteroatoms. The molecule has 0 spiro atoms. The average Bonchev–Trinajstić information content (AvgIpc) is 2.38. The Morgan fingerprint density at radius 1 is 0.905 bits per heavy atom. The lowest BCUT2D eigenvalue weighted by molar-refractivity contribution is -0.259. The quantitative estimate of drug-likeness (QED) is 0.323. The Balaban J connectivity index is 3.34. The Kier molecular flexibility index (Phi) is 5.52. The molecule has 1 fully saturated rings. The summed E-state index contributed by atoms with van der Waals surface area (Å²) in [6.45, 7) is 1.01. The maximum Gasteiger partial charge on any atom is 0.211 e. The van der Waals surface area contributed by atoms with E-state index in [0.717, 1.165) is 6.92 Å². The van der Waals surface area contributed by atoms with E-state index in [4.69, 9.17) is 46.4 Å². The smallest absolute Gasteiger partial charge is 0.211 e. The van der Waals surface area contributed by atoms with E-state index in [1.807, 2.05) is 0 Å². The lowest BCUT2D eigenvalue weighted by Gasteiger charge is -2.48. The molecule has 21 heavy (non-hydrogen) atoms. The van der Waals surface area contributed by atoms with Crippen molar-refractivity contribution in [3.05, 3.63) is 0 Å². The van der Waals surface area contributed by atoms with Crippen LogP contribution >= 0.6 is 46.4 Å². The highest BCUT2D eigenvalue weighted by Crippen LogP contribution is 2.47. The van der Waals surface area contributed by atoms with Crippen molar-refractivity contribution in [1.29, 1.82) is 0 Å². The van der Waals surface area contributed by atoms with Gasteiger partial charge >= 0.3 is 0 Å². The van der Waals surface area contributed by atoms with Gasteiger partial charge in [-0.3, -0.25) is 4.79 Å². The summed E-state index contributed by atoms with van der Waals surface area (Å²) in [6, 6.07) is 0. The third-order valence-electron chi connectivity index (χ3n) is 3.45. The van der Waals surface area contributed by atoms with Crippen molar-refractivity contribution in [3.63, 3.8) is 0 Å². The standard InChI is InChI=1S/C10H14Cl4O7/c1-8(11,12)10(13,14)7(20)9(21)5(18)3(16)2(15)4(17)6(9)19/h2-6,15-19,21H,1H3/t2?,3-,4+,5-,6-,9?/m1/s1. The predicted octanol–water partition coefficient (Wildman–Crippen LogP) is -1.53. The SMILES string of the molecule is CC(Cl)(Cl)C(Cl)(Cl)C(=O)C1(O)[C@H](O)[C@H](O)C(O)[C@H](O)[C@H]1O.